The number of benzene rings is 2. The zero-order chi connectivity index (χ0) is 24.8. The second-order valence-corrected chi connectivity index (χ2v) is 9.71. The summed E-state index contributed by atoms with van der Waals surface area (Å²) >= 11 is 2.78. The Morgan fingerprint density at radius 1 is 1.09 bits per heavy atom. The molecule has 0 saturated carbocycles. The van der Waals surface area contributed by atoms with Gasteiger partial charge in [-0.2, -0.15) is 5.10 Å². The molecule has 0 saturated heterocycles. The highest BCUT2D eigenvalue weighted by molar-refractivity contribution is 7.98. The fraction of sp³-hybridized carbons (Fsp3) is 0.160. The number of thiophene rings is 1. The van der Waals surface area contributed by atoms with Gasteiger partial charge in [-0.15, -0.1) is 16.4 Å². The molecule has 178 valence electrons. The lowest BCUT2D eigenvalue weighted by atomic mass is 10.1. The molecule has 0 unspecified atom stereocenters. The van der Waals surface area contributed by atoms with E-state index in [2.05, 4.69) is 31.0 Å². The number of anilines is 1. The summed E-state index contributed by atoms with van der Waals surface area (Å²) in [6.45, 7) is 5.90. The number of aromatic nitrogens is 3. The van der Waals surface area contributed by atoms with Crippen LogP contribution in [0.4, 0.5) is 5.00 Å². The van der Waals surface area contributed by atoms with Gasteiger partial charge in [0, 0.05) is 11.3 Å². The molecule has 0 aliphatic rings. The number of carbonyl (C=O) groups is 2. The number of aryl methyl sites for hydroxylation is 3. The third-order valence-corrected chi connectivity index (χ3v) is 7.24. The first-order chi connectivity index (χ1) is 16.9. The average Bonchev–Trinajstić information content (AvgIpc) is 3.50. The molecule has 0 aliphatic heterocycles. The molecule has 0 bridgehead atoms. The third kappa shape index (κ3) is 6.23. The summed E-state index contributed by atoms with van der Waals surface area (Å²) in [6, 6.07) is 13.3. The van der Waals surface area contributed by atoms with Gasteiger partial charge >= 0.3 is 0 Å². The maximum absolute atomic E-state index is 12.9. The van der Waals surface area contributed by atoms with Crippen LogP contribution >= 0.6 is 23.1 Å². The van der Waals surface area contributed by atoms with Crippen molar-refractivity contribution >= 4 is 46.1 Å². The Balaban J connectivity index is 1.42. The number of carbonyl (C=O) groups excluding carboxylic acids is 2. The van der Waals surface area contributed by atoms with E-state index in [1.165, 1.54) is 35.0 Å². The number of hydrogen-bond acceptors (Lipinski definition) is 7. The first-order valence-electron chi connectivity index (χ1n) is 10.8. The van der Waals surface area contributed by atoms with Crippen LogP contribution in [0.15, 0.2) is 64.4 Å². The SMILES string of the molecule is Cc1ccc(/C=N/NC(=O)c2c(C)csc2NC(=O)c2cccc(CSc3nc[nH]n3)c2)cc1C. The number of hydrazone groups is 1. The monoisotopic (exact) mass is 504 g/mol. The molecule has 4 rings (SSSR count). The van der Waals surface area contributed by atoms with E-state index in [-0.39, 0.29) is 11.8 Å². The van der Waals surface area contributed by atoms with E-state index in [9.17, 15) is 9.59 Å². The fourth-order valence-corrected chi connectivity index (χ4v) is 4.93. The normalized spacial score (nSPS) is 11.1. The quantitative estimate of drug-likeness (QED) is 0.176. The first kappa shape index (κ1) is 24.4. The van der Waals surface area contributed by atoms with Crippen LogP contribution in [0, 0.1) is 20.8 Å². The van der Waals surface area contributed by atoms with Gasteiger partial charge in [-0.05, 0) is 66.1 Å². The van der Waals surface area contributed by atoms with Gasteiger partial charge in [-0.1, -0.05) is 42.1 Å². The number of hydrogen-bond donors (Lipinski definition) is 3. The van der Waals surface area contributed by atoms with E-state index in [1.54, 1.807) is 12.3 Å². The number of aromatic amines is 1. The molecule has 0 radical (unpaired) electrons. The van der Waals surface area contributed by atoms with Crippen LogP contribution in [0.3, 0.4) is 0 Å². The molecule has 8 nitrogen and oxygen atoms in total. The van der Waals surface area contributed by atoms with Crippen molar-refractivity contribution in [2.45, 2.75) is 31.7 Å². The topological polar surface area (TPSA) is 112 Å². The maximum atomic E-state index is 12.9. The van der Waals surface area contributed by atoms with Crippen molar-refractivity contribution in [1.82, 2.24) is 20.6 Å². The van der Waals surface area contributed by atoms with E-state index >= 15 is 0 Å². The zero-order valence-corrected chi connectivity index (χ0v) is 21.1. The second kappa shape index (κ2) is 11.1. The number of thioether (sulfide) groups is 1. The van der Waals surface area contributed by atoms with Crippen molar-refractivity contribution in [3.05, 3.63) is 93.1 Å². The Bertz CT molecular complexity index is 1380. The molecule has 10 heteroatoms. The molecule has 3 N–H and O–H groups in total. The lowest BCUT2D eigenvalue weighted by Crippen LogP contribution is -2.21. The van der Waals surface area contributed by atoms with Crippen LogP contribution < -0.4 is 10.7 Å². The molecule has 2 amide bonds. The fourth-order valence-electron chi connectivity index (χ4n) is 3.28. The third-order valence-electron chi connectivity index (χ3n) is 5.29. The molecule has 35 heavy (non-hydrogen) atoms. The molecule has 2 aromatic heterocycles. The summed E-state index contributed by atoms with van der Waals surface area (Å²) < 4.78 is 0. The molecular weight excluding hydrogens is 480 g/mol. The molecule has 0 fully saturated rings. The van der Waals surface area contributed by atoms with E-state index in [0.29, 0.717) is 27.0 Å². The van der Waals surface area contributed by atoms with Crippen molar-refractivity contribution in [2.75, 3.05) is 5.32 Å². The largest absolute Gasteiger partial charge is 0.313 e. The maximum Gasteiger partial charge on any atom is 0.274 e. The Morgan fingerprint density at radius 2 is 1.94 bits per heavy atom. The van der Waals surface area contributed by atoms with Gasteiger partial charge in [0.15, 0.2) is 0 Å². The van der Waals surface area contributed by atoms with Crippen molar-refractivity contribution in [2.24, 2.45) is 5.10 Å². The highest BCUT2D eigenvalue weighted by atomic mass is 32.2. The van der Waals surface area contributed by atoms with Gasteiger partial charge < -0.3 is 5.32 Å². The Labute approximate surface area is 211 Å². The van der Waals surface area contributed by atoms with Gasteiger partial charge in [0.1, 0.15) is 11.3 Å². The number of rotatable bonds is 8. The summed E-state index contributed by atoms with van der Waals surface area (Å²) in [5, 5.41) is 16.6. The second-order valence-electron chi connectivity index (χ2n) is 7.89. The lowest BCUT2D eigenvalue weighted by Gasteiger charge is -2.08. The summed E-state index contributed by atoms with van der Waals surface area (Å²) in [7, 11) is 0. The number of amides is 2. The van der Waals surface area contributed by atoms with Gasteiger partial charge in [0.05, 0.1) is 11.8 Å². The summed E-state index contributed by atoms with van der Waals surface area (Å²) in [5.41, 5.74) is 8.44. The molecule has 2 aromatic carbocycles. The standard InChI is InChI=1S/C25H24N6O2S2/c1-15-7-8-18(9-16(15)2)11-27-30-23(33)21-17(3)12-34-24(21)29-22(32)20-6-4-5-19(10-20)13-35-25-26-14-28-31-25/h4-12,14H,13H2,1-3H3,(H,29,32)(H,30,33)(H,26,28,31)/b27-11+. The van der Waals surface area contributed by atoms with Crippen LogP contribution in [0.2, 0.25) is 0 Å². The van der Waals surface area contributed by atoms with E-state index in [1.807, 2.05) is 62.5 Å². The van der Waals surface area contributed by atoms with Crippen molar-refractivity contribution in [3.8, 4) is 0 Å². The number of nitrogens with zero attached hydrogens (tertiary/aromatic N) is 3. The predicted molar refractivity (Wildman–Crippen MR) is 140 cm³/mol. The number of H-pyrrole nitrogens is 1. The van der Waals surface area contributed by atoms with Gasteiger partial charge in [0.25, 0.3) is 11.8 Å². The lowest BCUT2D eigenvalue weighted by molar-refractivity contribution is 0.0956. The average molecular weight is 505 g/mol. The molecular formula is C25H24N6O2S2. The van der Waals surface area contributed by atoms with Crippen LogP contribution in [0.25, 0.3) is 0 Å². The first-order valence-corrected chi connectivity index (χ1v) is 12.6. The van der Waals surface area contributed by atoms with Crippen molar-refractivity contribution < 1.29 is 9.59 Å². The Hall–Kier alpha value is -3.76. The Morgan fingerprint density at radius 3 is 2.71 bits per heavy atom. The Kier molecular flexibility index (Phi) is 7.74. The molecule has 0 atom stereocenters. The van der Waals surface area contributed by atoms with Crippen LogP contribution in [0.1, 0.15) is 48.5 Å². The van der Waals surface area contributed by atoms with Crippen molar-refractivity contribution in [1.29, 1.82) is 0 Å². The van der Waals surface area contributed by atoms with Gasteiger partial charge in [-0.3, -0.25) is 14.7 Å². The minimum atomic E-state index is -0.379. The van der Waals surface area contributed by atoms with E-state index in [0.717, 1.165) is 22.3 Å². The minimum absolute atomic E-state index is 0.288. The molecule has 2 heterocycles. The number of nitrogens with one attached hydrogen (secondary N) is 3. The van der Waals surface area contributed by atoms with Crippen LogP contribution in [0.5, 0.6) is 0 Å². The van der Waals surface area contributed by atoms with Gasteiger partial charge in [-0.25, -0.2) is 10.4 Å². The predicted octanol–water partition coefficient (Wildman–Crippen LogP) is 5.10. The summed E-state index contributed by atoms with van der Waals surface area (Å²) in [4.78, 5) is 29.9. The molecule has 4 aromatic rings. The van der Waals surface area contributed by atoms with E-state index in [4.69, 9.17) is 0 Å². The summed E-state index contributed by atoms with van der Waals surface area (Å²) in [6.07, 6.45) is 3.13. The van der Waals surface area contributed by atoms with Crippen LogP contribution in [-0.2, 0) is 5.75 Å². The van der Waals surface area contributed by atoms with E-state index < -0.39 is 0 Å². The molecule has 0 spiro atoms. The minimum Gasteiger partial charge on any atom is -0.313 e. The highest BCUT2D eigenvalue weighted by Crippen LogP contribution is 2.28. The van der Waals surface area contributed by atoms with Crippen LogP contribution in [-0.4, -0.2) is 33.2 Å². The summed E-state index contributed by atoms with van der Waals surface area (Å²) in [5.74, 6) is -0.0384. The van der Waals surface area contributed by atoms with Crippen molar-refractivity contribution in [3.63, 3.8) is 0 Å². The zero-order valence-electron chi connectivity index (χ0n) is 19.5. The highest BCUT2D eigenvalue weighted by Gasteiger charge is 2.19. The molecule has 0 aliphatic carbocycles. The smallest absolute Gasteiger partial charge is 0.274 e. The van der Waals surface area contributed by atoms with Gasteiger partial charge in [0.2, 0.25) is 5.16 Å².